The number of hydrogen-bond donors (Lipinski definition) is 2. The third-order valence-electron chi connectivity index (χ3n) is 5.09. The standard InChI is InChI=1S/C27H19ClF2N2O3/c1-16-14-18(31-27(34)32-26(33)24-21(29)11-7-12-22(24)30)15-20(28)25(16)35-23-13-6-5-10-19(23)17-8-3-2-4-9-17/h2-15H,1H3,(H2,31,32,33,34). The minimum atomic E-state index is -1.21. The molecule has 0 aliphatic heterocycles. The first-order valence-electron chi connectivity index (χ1n) is 10.5. The molecule has 0 fully saturated rings. The van der Waals surface area contributed by atoms with E-state index in [9.17, 15) is 18.4 Å². The number of halogens is 3. The molecule has 0 atom stereocenters. The van der Waals surface area contributed by atoms with Crippen LogP contribution in [0.5, 0.6) is 11.5 Å². The highest BCUT2D eigenvalue weighted by atomic mass is 35.5. The number of urea groups is 1. The summed E-state index contributed by atoms with van der Waals surface area (Å²) in [6, 6.07) is 22.3. The molecule has 0 unspecified atom stereocenters. The second kappa shape index (κ2) is 10.4. The van der Waals surface area contributed by atoms with Crippen molar-refractivity contribution < 1.29 is 23.1 Å². The zero-order chi connectivity index (χ0) is 24.9. The third kappa shape index (κ3) is 5.47. The molecule has 176 valence electrons. The summed E-state index contributed by atoms with van der Waals surface area (Å²) in [5, 5.41) is 4.56. The van der Waals surface area contributed by atoms with Crippen LogP contribution in [0.2, 0.25) is 5.02 Å². The summed E-state index contributed by atoms with van der Waals surface area (Å²) in [5.41, 5.74) is 1.88. The molecule has 0 aromatic heterocycles. The number of rotatable bonds is 5. The Kier molecular flexibility index (Phi) is 7.08. The largest absolute Gasteiger partial charge is 0.455 e. The Bertz CT molecular complexity index is 1370. The lowest BCUT2D eigenvalue weighted by molar-refractivity contribution is 0.0959. The highest BCUT2D eigenvalue weighted by molar-refractivity contribution is 6.32. The van der Waals surface area contributed by atoms with E-state index in [-0.39, 0.29) is 10.7 Å². The number of anilines is 1. The average Bonchev–Trinajstić information content (AvgIpc) is 2.82. The summed E-state index contributed by atoms with van der Waals surface area (Å²) in [6.07, 6.45) is 0. The normalized spacial score (nSPS) is 10.5. The first kappa shape index (κ1) is 23.9. The van der Waals surface area contributed by atoms with Gasteiger partial charge < -0.3 is 10.1 Å². The molecule has 0 saturated heterocycles. The van der Waals surface area contributed by atoms with Gasteiger partial charge in [0.1, 0.15) is 28.7 Å². The molecule has 8 heteroatoms. The van der Waals surface area contributed by atoms with Crippen LogP contribution in [0.15, 0.2) is 84.9 Å². The minimum absolute atomic E-state index is 0.217. The molecule has 0 heterocycles. The number of aryl methyl sites for hydroxylation is 1. The van der Waals surface area contributed by atoms with E-state index >= 15 is 0 Å². The van der Waals surface area contributed by atoms with Crippen LogP contribution in [0.3, 0.4) is 0 Å². The summed E-state index contributed by atoms with van der Waals surface area (Å²) < 4.78 is 33.7. The van der Waals surface area contributed by atoms with Crippen LogP contribution in [0, 0.1) is 18.6 Å². The third-order valence-corrected chi connectivity index (χ3v) is 5.37. The number of benzene rings is 4. The first-order valence-corrected chi connectivity index (χ1v) is 10.9. The van der Waals surface area contributed by atoms with Crippen molar-refractivity contribution in [2.45, 2.75) is 6.92 Å². The number of ether oxygens (including phenoxy) is 1. The van der Waals surface area contributed by atoms with Gasteiger partial charge in [-0.25, -0.2) is 13.6 Å². The van der Waals surface area contributed by atoms with Crippen LogP contribution in [0.25, 0.3) is 11.1 Å². The van der Waals surface area contributed by atoms with Crippen LogP contribution in [0.1, 0.15) is 15.9 Å². The maximum absolute atomic E-state index is 13.8. The van der Waals surface area contributed by atoms with Crippen molar-refractivity contribution >= 4 is 29.2 Å². The van der Waals surface area contributed by atoms with Crippen molar-refractivity contribution in [3.63, 3.8) is 0 Å². The lowest BCUT2D eigenvalue weighted by Gasteiger charge is -2.16. The van der Waals surface area contributed by atoms with Crippen molar-refractivity contribution in [2.75, 3.05) is 5.32 Å². The number of carbonyl (C=O) groups excluding carboxylic acids is 2. The van der Waals surface area contributed by atoms with E-state index in [1.165, 1.54) is 6.07 Å². The number of hydrogen-bond acceptors (Lipinski definition) is 3. The van der Waals surface area contributed by atoms with Gasteiger partial charge in [0.2, 0.25) is 0 Å². The molecule has 0 aliphatic carbocycles. The van der Waals surface area contributed by atoms with E-state index in [4.69, 9.17) is 16.3 Å². The monoisotopic (exact) mass is 492 g/mol. The molecule has 0 saturated carbocycles. The highest BCUT2D eigenvalue weighted by Gasteiger charge is 2.20. The molecule has 0 aliphatic rings. The molecule has 4 aromatic carbocycles. The number of nitrogens with one attached hydrogen (secondary N) is 2. The second-order valence-corrected chi connectivity index (χ2v) is 7.98. The van der Waals surface area contributed by atoms with Crippen molar-refractivity contribution in [2.24, 2.45) is 0 Å². The summed E-state index contributed by atoms with van der Waals surface area (Å²) in [6.45, 7) is 1.75. The smallest absolute Gasteiger partial charge is 0.326 e. The molecule has 35 heavy (non-hydrogen) atoms. The van der Waals surface area contributed by atoms with Gasteiger partial charge in [0.25, 0.3) is 5.91 Å². The topological polar surface area (TPSA) is 67.4 Å². The van der Waals surface area contributed by atoms with Crippen molar-refractivity contribution in [3.8, 4) is 22.6 Å². The Hall–Kier alpha value is -4.23. The van der Waals surface area contributed by atoms with Gasteiger partial charge >= 0.3 is 6.03 Å². The Morgan fingerprint density at radius 3 is 2.20 bits per heavy atom. The van der Waals surface area contributed by atoms with E-state index in [1.54, 1.807) is 13.0 Å². The van der Waals surface area contributed by atoms with E-state index < -0.39 is 29.1 Å². The fraction of sp³-hybridized carbons (Fsp3) is 0.0370. The maximum atomic E-state index is 13.8. The van der Waals surface area contributed by atoms with Gasteiger partial charge in [0.15, 0.2) is 0 Å². The van der Waals surface area contributed by atoms with Crippen LogP contribution in [-0.4, -0.2) is 11.9 Å². The SMILES string of the molecule is Cc1cc(NC(=O)NC(=O)c2c(F)cccc2F)cc(Cl)c1Oc1ccccc1-c1ccccc1. The zero-order valence-corrected chi connectivity index (χ0v) is 19.2. The lowest BCUT2D eigenvalue weighted by Crippen LogP contribution is -2.35. The Balaban J connectivity index is 1.51. The molecule has 2 N–H and O–H groups in total. The second-order valence-electron chi connectivity index (χ2n) is 7.57. The summed E-state index contributed by atoms with van der Waals surface area (Å²) in [7, 11) is 0. The van der Waals surface area contributed by atoms with Gasteiger partial charge in [-0.1, -0.05) is 66.2 Å². The molecular formula is C27H19ClF2N2O3. The number of para-hydroxylation sites is 1. The number of carbonyl (C=O) groups is 2. The summed E-state index contributed by atoms with van der Waals surface area (Å²) in [5.74, 6) is -2.37. The lowest BCUT2D eigenvalue weighted by atomic mass is 10.0. The predicted molar refractivity (Wildman–Crippen MR) is 131 cm³/mol. The van der Waals surface area contributed by atoms with Crippen molar-refractivity contribution in [3.05, 3.63) is 113 Å². The quantitative estimate of drug-likeness (QED) is 0.306. The van der Waals surface area contributed by atoms with Crippen molar-refractivity contribution in [1.29, 1.82) is 0 Å². The van der Waals surface area contributed by atoms with E-state index in [2.05, 4.69) is 5.32 Å². The molecule has 5 nitrogen and oxygen atoms in total. The molecule has 4 aromatic rings. The van der Waals surface area contributed by atoms with E-state index in [1.807, 2.05) is 59.9 Å². The molecular weight excluding hydrogens is 474 g/mol. The van der Waals surface area contributed by atoms with Gasteiger partial charge in [-0.15, -0.1) is 0 Å². The van der Waals surface area contributed by atoms with Gasteiger partial charge in [-0.05, 0) is 48.4 Å². The molecule has 4 rings (SSSR count). The number of imide groups is 1. The first-order chi connectivity index (χ1) is 16.8. The highest BCUT2D eigenvalue weighted by Crippen LogP contribution is 2.39. The molecule has 0 spiro atoms. The fourth-order valence-electron chi connectivity index (χ4n) is 3.50. The van der Waals surface area contributed by atoms with Gasteiger partial charge in [0, 0.05) is 11.3 Å². The Labute approximate surface area is 205 Å². The number of amides is 3. The van der Waals surface area contributed by atoms with Gasteiger partial charge in [-0.2, -0.15) is 0 Å². The van der Waals surface area contributed by atoms with Crippen LogP contribution in [-0.2, 0) is 0 Å². The van der Waals surface area contributed by atoms with Crippen molar-refractivity contribution in [1.82, 2.24) is 5.32 Å². The average molecular weight is 493 g/mol. The van der Waals surface area contributed by atoms with E-state index in [0.29, 0.717) is 17.1 Å². The van der Waals surface area contributed by atoms with Crippen LogP contribution >= 0.6 is 11.6 Å². The maximum Gasteiger partial charge on any atom is 0.326 e. The molecule has 0 bridgehead atoms. The summed E-state index contributed by atoms with van der Waals surface area (Å²) in [4.78, 5) is 24.4. The minimum Gasteiger partial charge on any atom is -0.455 e. The Morgan fingerprint density at radius 1 is 0.857 bits per heavy atom. The summed E-state index contributed by atoms with van der Waals surface area (Å²) >= 11 is 6.45. The molecule has 3 amide bonds. The van der Waals surface area contributed by atoms with Crippen LogP contribution < -0.4 is 15.4 Å². The van der Waals surface area contributed by atoms with E-state index in [0.717, 1.165) is 29.3 Å². The fourth-order valence-corrected chi connectivity index (χ4v) is 3.80. The van der Waals surface area contributed by atoms with Crippen LogP contribution in [0.4, 0.5) is 19.3 Å². The predicted octanol–water partition coefficient (Wildman–Crippen LogP) is 7.35. The van der Waals surface area contributed by atoms with Gasteiger partial charge in [0.05, 0.1) is 5.02 Å². The Morgan fingerprint density at radius 2 is 1.51 bits per heavy atom. The molecule has 0 radical (unpaired) electrons. The zero-order valence-electron chi connectivity index (χ0n) is 18.4. The van der Waals surface area contributed by atoms with Gasteiger partial charge in [-0.3, -0.25) is 10.1 Å².